The molecule has 1 heterocycles. The predicted molar refractivity (Wildman–Crippen MR) is 76.1 cm³/mol. The quantitative estimate of drug-likeness (QED) is 0.876. The zero-order valence-electron chi connectivity index (χ0n) is 11.6. The SMILES string of the molecule is CC(=O)Nc1cccc(C(C)NC2CCOCC2)c1. The molecule has 19 heavy (non-hydrogen) atoms. The molecule has 1 aromatic carbocycles. The average molecular weight is 262 g/mol. The fraction of sp³-hybridized carbons (Fsp3) is 0.533. The summed E-state index contributed by atoms with van der Waals surface area (Å²) in [5.74, 6) is -0.0396. The molecule has 4 nitrogen and oxygen atoms in total. The fourth-order valence-electron chi connectivity index (χ4n) is 2.40. The zero-order valence-corrected chi connectivity index (χ0v) is 11.6. The Balaban J connectivity index is 1.97. The number of carbonyl (C=O) groups excluding carboxylic acids is 1. The molecule has 0 aliphatic carbocycles. The van der Waals surface area contributed by atoms with Crippen LogP contribution in [0.1, 0.15) is 38.3 Å². The van der Waals surface area contributed by atoms with Crippen molar-refractivity contribution in [2.45, 2.75) is 38.8 Å². The van der Waals surface area contributed by atoms with Crippen molar-refractivity contribution < 1.29 is 9.53 Å². The van der Waals surface area contributed by atoms with Crippen LogP contribution in [0.2, 0.25) is 0 Å². The molecule has 1 unspecified atom stereocenters. The summed E-state index contributed by atoms with van der Waals surface area (Å²) >= 11 is 0. The Morgan fingerprint density at radius 1 is 1.37 bits per heavy atom. The second-order valence-electron chi connectivity index (χ2n) is 5.08. The molecule has 1 aliphatic rings. The summed E-state index contributed by atoms with van der Waals surface area (Å²) in [6, 6.07) is 8.79. The van der Waals surface area contributed by atoms with Crippen LogP contribution < -0.4 is 10.6 Å². The molecule has 0 spiro atoms. The van der Waals surface area contributed by atoms with Gasteiger partial charge in [0, 0.05) is 37.9 Å². The number of benzene rings is 1. The maximum atomic E-state index is 11.1. The highest BCUT2D eigenvalue weighted by molar-refractivity contribution is 5.88. The number of hydrogen-bond acceptors (Lipinski definition) is 3. The van der Waals surface area contributed by atoms with E-state index in [4.69, 9.17) is 4.74 Å². The van der Waals surface area contributed by atoms with Gasteiger partial charge >= 0.3 is 0 Å². The highest BCUT2D eigenvalue weighted by atomic mass is 16.5. The first-order chi connectivity index (χ1) is 9.15. The van der Waals surface area contributed by atoms with Gasteiger partial charge in [-0.1, -0.05) is 12.1 Å². The van der Waals surface area contributed by atoms with Crippen molar-refractivity contribution in [3.05, 3.63) is 29.8 Å². The molecule has 104 valence electrons. The molecule has 4 heteroatoms. The van der Waals surface area contributed by atoms with Crippen LogP contribution in [-0.2, 0) is 9.53 Å². The topological polar surface area (TPSA) is 50.4 Å². The van der Waals surface area contributed by atoms with Gasteiger partial charge in [0.1, 0.15) is 0 Å². The Labute approximate surface area is 114 Å². The van der Waals surface area contributed by atoms with E-state index in [1.165, 1.54) is 12.5 Å². The fourth-order valence-corrected chi connectivity index (χ4v) is 2.40. The lowest BCUT2D eigenvalue weighted by atomic mass is 10.0. The minimum absolute atomic E-state index is 0.0396. The van der Waals surface area contributed by atoms with E-state index in [0.29, 0.717) is 6.04 Å². The molecule has 1 fully saturated rings. The highest BCUT2D eigenvalue weighted by Gasteiger charge is 2.16. The first-order valence-electron chi connectivity index (χ1n) is 6.86. The summed E-state index contributed by atoms with van der Waals surface area (Å²) in [6.45, 7) is 5.37. The molecule has 1 atom stereocenters. The van der Waals surface area contributed by atoms with Crippen molar-refractivity contribution >= 4 is 11.6 Å². The number of ether oxygens (including phenoxy) is 1. The number of carbonyl (C=O) groups is 1. The van der Waals surface area contributed by atoms with E-state index in [1.54, 1.807) is 0 Å². The Hall–Kier alpha value is -1.39. The molecule has 1 aliphatic heterocycles. The second-order valence-corrected chi connectivity index (χ2v) is 5.08. The third kappa shape index (κ3) is 4.33. The lowest BCUT2D eigenvalue weighted by Gasteiger charge is -2.27. The summed E-state index contributed by atoms with van der Waals surface area (Å²) in [6.07, 6.45) is 2.13. The summed E-state index contributed by atoms with van der Waals surface area (Å²) in [5.41, 5.74) is 2.04. The van der Waals surface area contributed by atoms with Crippen molar-refractivity contribution in [2.75, 3.05) is 18.5 Å². The number of nitrogens with one attached hydrogen (secondary N) is 2. The molecule has 0 bridgehead atoms. The molecule has 1 saturated heterocycles. The molecular formula is C15H22N2O2. The Morgan fingerprint density at radius 2 is 2.11 bits per heavy atom. The van der Waals surface area contributed by atoms with Crippen LogP contribution in [0, 0.1) is 0 Å². The monoisotopic (exact) mass is 262 g/mol. The second kappa shape index (κ2) is 6.68. The van der Waals surface area contributed by atoms with Crippen LogP contribution >= 0.6 is 0 Å². The molecule has 1 amide bonds. The van der Waals surface area contributed by atoms with Gasteiger partial charge in [-0.15, -0.1) is 0 Å². The number of amides is 1. The van der Waals surface area contributed by atoms with Crippen molar-refractivity contribution in [3.63, 3.8) is 0 Å². The van der Waals surface area contributed by atoms with E-state index >= 15 is 0 Å². The van der Waals surface area contributed by atoms with E-state index in [2.05, 4.69) is 23.6 Å². The highest BCUT2D eigenvalue weighted by Crippen LogP contribution is 2.19. The molecule has 0 radical (unpaired) electrons. The number of hydrogen-bond donors (Lipinski definition) is 2. The van der Waals surface area contributed by atoms with Gasteiger partial charge < -0.3 is 15.4 Å². The standard InChI is InChI=1S/C15H22N2O2/c1-11(16-14-6-8-19-9-7-14)13-4-3-5-15(10-13)17-12(2)18/h3-5,10-11,14,16H,6-9H2,1-2H3,(H,17,18). The maximum Gasteiger partial charge on any atom is 0.221 e. The van der Waals surface area contributed by atoms with E-state index in [1.807, 2.05) is 18.2 Å². The van der Waals surface area contributed by atoms with Gasteiger partial charge in [0.2, 0.25) is 5.91 Å². The first-order valence-corrected chi connectivity index (χ1v) is 6.86. The van der Waals surface area contributed by atoms with E-state index in [9.17, 15) is 4.79 Å². The zero-order chi connectivity index (χ0) is 13.7. The number of rotatable bonds is 4. The molecule has 0 aromatic heterocycles. The van der Waals surface area contributed by atoms with Gasteiger partial charge in [-0.05, 0) is 37.5 Å². The molecule has 0 saturated carbocycles. The van der Waals surface area contributed by atoms with E-state index in [0.717, 1.165) is 31.7 Å². The Morgan fingerprint density at radius 3 is 2.79 bits per heavy atom. The molecule has 2 N–H and O–H groups in total. The first kappa shape index (κ1) is 14.0. The van der Waals surface area contributed by atoms with Gasteiger partial charge in [0.25, 0.3) is 0 Å². The maximum absolute atomic E-state index is 11.1. The summed E-state index contributed by atoms with van der Waals surface area (Å²) in [5, 5.41) is 6.44. The Bertz CT molecular complexity index is 428. The smallest absolute Gasteiger partial charge is 0.221 e. The third-order valence-corrected chi connectivity index (χ3v) is 3.41. The van der Waals surface area contributed by atoms with Crippen molar-refractivity contribution in [2.24, 2.45) is 0 Å². The average Bonchev–Trinajstić information content (AvgIpc) is 2.39. The van der Waals surface area contributed by atoms with Crippen molar-refractivity contribution in [1.29, 1.82) is 0 Å². The molecule has 2 rings (SSSR count). The van der Waals surface area contributed by atoms with Crippen LogP contribution in [0.3, 0.4) is 0 Å². The number of anilines is 1. The van der Waals surface area contributed by atoms with Gasteiger partial charge in [-0.25, -0.2) is 0 Å². The Kier molecular flexibility index (Phi) is 4.93. The summed E-state index contributed by atoms with van der Waals surface area (Å²) in [4.78, 5) is 11.1. The van der Waals surface area contributed by atoms with E-state index in [-0.39, 0.29) is 11.9 Å². The van der Waals surface area contributed by atoms with Crippen LogP contribution in [0.25, 0.3) is 0 Å². The van der Waals surface area contributed by atoms with Crippen LogP contribution in [0.15, 0.2) is 24.3 Å². The predicted octanol–water partition coefficient (Wildman–Crippen LogP) is 2.47. The van der Waals surface area contributed by atoms with Crippen LogP contribution in [-0.4, -0.2) is 25.2 Å². The van der Waals surface area contributed by atoms with Crippen molar-refractivity contribution in [1.82, 2.24) is 5.32 Å². The largest absolute Gasteiger partial charge is 0.381 e. The van der Waals surface area contributed by atoms with Gasteiger partial charge in [-0.2, -0.15) is 0 Å². The lowest BCUT2D eigenvalue weighted by Crippen LogP contribution is -2.36. The van der Waals surface area contributed by atoms with Gasteiger partial charge in [-0.3, -0.25) is 4.79 Å². The minimum Gasteiger partial charge on any atom is -0.381 e. The summed E-state index contributed by atoms with van der Waals surface area (Å²) in [7, 11) is 0. The lowest BCUT2D eigenvalue weighted by molar-refractivity contribution is -0.114. The van der Waals surface area contributed by atoms with Gasteiger partial charge in [0.05, 0.1) is 0 Å². The molecular weight excluding hydrogens is 240 g/mol. The van der Waals surface area contributed by atoms with Gasteiger partial charge in [0.15, 0.2) is 0 Å². The van der Waals surface area contributed by atoms with Crippen LogP contribution in [0.4, 0.5) is 5.69 Å². The minimum atomic E-state index is -0.0396. The summed E-state index contributed by atoms with van der Waals surface area (Å²) < 4.78 is 5.36. The third-order valence-electron chi connectivity index (χ3n) is 3.41. The molecule has 1 aromatic rings. The van der Waals surface area contributed by atoms with E-state index < -0.39 is 0 Å². The normalized spacial score (nSPS) is 18.0. The van der Waals surface area contributed by atoms with Crippen molar-refractivity contribution in [3.8, 4) is 0 Å². The van der Waals surface area contributed by atoms with Crippen LogP contribution in [0.5, 0.6) is 0 Å².